The van der Waals surface area contributed by atoms with Crippen molar-refractivity contribution >= 4 is 18.4 Å². The molecule has 4 aromatic rings. The lowest BCUT2D eigenvalue weighted by Crippen LogP contribution is -2.52. The Morgan fingerprint density at radius 3 is 1.36 bits per heavy atom. The van der Waals surface area contributed by atoms with Gasteiger partial charge >= 0.3 is 0 Å². The Balaban J connectivity index is 1.62. The Morgan fingerprint density at radius 2 is 1.04 bits per heavy atom. The molecule has 0 spiro atoms. The first-order valence-electron chi connectivity index (χ1n) is 8.36. The van der Waals surface area contributed by atoms with Gasteiger partial charge in [-0.05, 0) is 36.4 Å². The Morgan fingerprint density at radius 1 is 0.640 bits per heavy atom. The van der Waals surface area contributed by atoms with Crippen LogP contribution in [0, 0.1) is 0 Å². The first kappa shape index (κ1) is 15.6. The summed E-state index contributed by atoms with van der Waals surface area (Å²) in [5.74, 6) is 0. The minimum atomic E-state index is -1.73. The quantitative estimate of drug-likeness (QED) is 0.534. The zero-order valence-corrected chi connectivity index (χ0v) is 15.4. The second-order valence-corrected chi connectivity index (χ2v) is 11.0. The van der Waals surface area contributed by atoms with E-state index in [1.165, 1.54) is 10.4 Å². The number of hydrogen-bond donors (Lipinski definition) is 0. The minimum absolute atomic E-state index is 1.09. The predicted octanol–water partition coefficient (Wildman–Crippen LogP) is 2.88. The summed E-state index contributed by atoms with van der Waals surface area (Å²) in [5, 5.41) is 11.4. The van der Waals surface area contributed by atoms with Gasteiger partial charge in [-0.15, -0.1) is 0 Å². The molecule has 124 valence electrons. The third kappa shape index (κ3) is 2.94. The molecule has 2 heterocycles. The molecule has 0 aliphatic rings. The van der Waals surface area contributed by atoms with Crippen LogP contribution in [0.2, 0.25) is 13.1 Å². The summed E-state index contributed by atoms with van der Waals surface area (Å²) in [6.07, 6.45) is 7.53. The second kappa shape index (κ2) is 6.18. The van der Waals surface area contributed by atoms with Crippen LogP contribution in [-0.2, 0) is 0 Å². The molecule has 0 fully saturated rings. The molecule has 2 aromatic heterocycles. The SMILES string of the molecule is C[Si](C)(c1ccc(-n2cccn2)cc1)c1ccc(-n2cccn2)cc1. The molecule has 5 heteroatoms. The number of benzene rings is 2. The maximum absolute atomic E-state index is 4.29. The maximum atomic E-state index is 4.29. The number of aromatic nitrogens is 4. The van der Waals surface area contributed by atoms with Gasteiger partial charge in [0.1, 0.15) is 8.07 Å². The van der Waals surface area contributed by atoms with Gasteiger partial charge in [-0.3, -0.25) is 0 Å². The molecule has 0 bridgehead atoms. The second-order valence-electron chi connectivity index (χ2n) is 6.62. The molecule has 0 radical (unpaired) electrons. The van der Waals surface area contributed by atoms with E-state index in [-0.39, 0.29) is 0 Å². The van der Waals surface area contributed by atoms with Crippen LogP contribution in [-0.4, -0.2) is 27.6 Å². The lowest BCUT2D eigenvalue weighted by atomic mass is 10.3. The number of hydrogen-bond acceptors (Lipinski definition) is 2. The summed E-state index contributed by atoms with van der Waals surface area (Å²) in [6.45, 7) is 4.78. The van der Waals surface area contributed by atoms with E-state index in [1.54, 1.807) is 12.4 Å². The summed E-state index contributed by atoms with van der Waals surface area (Å²) in [7, 11) is -1.73. The van der Waals surface area contributed by atoms with E-state index in [2.05, 4.69) is 71.8 Å². The van der Waals surface area contributed by atoms with Crippen LogP contribution in [0.1, 0.15) is 0 Å². The molecule has 0 unspecified atom stereocenters. The lowest BCUT2D eigenvalue weighted by Gasteiger charge is -2.24. The molecule has 0 aliphatic carbocycles. The monoisotopic (exact) mass is 344 g/mol. The lowest BCUT2D eigenvalue weighted by molar-refractivity contribution is 0.881. The van der Waals surface area contributed by atoms with Crippen molar-refractivity contribution < 1.29 is 0 Å². The van der Waals surface area contributed by atoms with Crippen LogP contribution in [0.4, 0.5) is 0 Å². The smallest absolute Gasteiger partial charge is 0.112 e. The third-order valence-corrected chi connectivity index (χ3v) is 8.27. The molecule has 2 aromatic carbocycles. The Kier molecular flexibility index (Phi) is 3.86. The maximum Gasteiger partial charge on any atom is 0.112 e. The largest absolute Gasteiger partial charge is 0.241 e. The minimum Gasteiger partial charge on any atom is -0.241 e. The zero-order chi connectivity index (χ0) is 17.3. The zero-order valence-electron chi connectivity index (χ0n) is 14.4. The summed E-state index contributed by atoms with van der Waals surface area (Å²) in [5.41, 5.74) is 2.18. The highest BCUT2D eigenvalue weighted by Gasteiger charge is 2.25. The summed E-state index contributed by atoms with van der Waals surface area (Å²) in [4.78, 5) is 0. The van der Waals surface area contributed by atoms with E-state index in [1.807, 2.05) is 33.9 Å². The van der Waals surface area contributed by atoms with Crippen LogP contribution in [0.5, 0.6) is 0 Å². The Hall–Kier alpha value is -2.92. The van der Waals surface area contributed by atoms with E-state index in [9.17, 15) is 0 Å². The highest BCUT2D eigenvalue weighted by Crippen LogP contribution is 2.11. The topological polar surface area (TPSA) is 35.6 Å². The van der Waals surface area contributed by atoms with Crippen LogP contribution in [0.15, 0.2) is 85.5 Å². The van der Waals surface area contributed by atoms with E-state index in [4.69, 9.17) is 0 Å². The molecule has 0 amide bonds. The summed E-state index contributed by atoms with van der Waals surface area (Å²) >= 11 is 0. The predicted molar refractivity (Wildman–Crippen MR) is 104 cm³/mol. The van der Waals surface area contributed by atoms with Crippen molar-refractivity contribution in [2.75, 3.05) is 0 Å². The number of rotatable bonds is 4. The van der Waals surface area contributed by atoms with Crippen molar-refractivity contribution in [1.29, 1.82) is 0 Å². The van der Waals surface area contributed by atoms with Gasteiger partial charge in [-0.25, -0.2) is 9.36 Å². The van der Waals surface area contributed by atoms with Crippen LogP contribution in [0.3, 0.4) is 0 Å². The average molecular weight is 344 g/mol. The van der Waals surface area contributed by atoms with Gasteiger partial charge in [-0.1, -0.05) is 47.7 Å². The van der Waals surface area contributed by atoms with E-state index < -0.39 is 8.07 Å². The fraction of sp³-hybridized carbons (Fsp3) is 0.100. The van der Waals surface area contributed by atoms with Gasteiger partial charge in [0.15, 0.2) is 0 Å². The van der Waals surface area contributed by atoms with Crippen molar-refractivity contribution in [2.24, 2.45) is 0 Å². The first-order chi connectivity index (χ1) is 12.1. The van der Waals surface area contributed by atoms with Gasteiger partial charge in [0.2, 0.25) is 0 Å². The normalized spacial score (nSPS) is 11.6. The molecule has 0 saturated carbocycles. The molecule has 4 nitrogen and oxygen atoms in total. The molecule has 0 atom stereocenters. The molecule has 25 heavy (non-hydrogen) atoms. The van der Waals surface area contributed by atoms with Crippen molar-refractivity contribution in [1.82, 2.24) is 19.6 Å². The van der Waals surface area contributed by atoms with Crippen LogP contribution >= 0.6 is 0 Å². The molecular formula is C20H20N4Si. The Bertz CT molecular complexity index is 858. The fourth-order valence-corrected chi connectivity index (χ4v) is 5.40. The van der Waals surface area contributed by atoms with Crippen molar-refractivity contribution in [2.45, 2.75) is 13.1 Å². The van der Waals surface area contributed by atoms with Crippen molar-refractivity contribution in [3.8, 4) is 11.4 Å². The van der Waals surface area contributed by atoms with Gasteiger partial charge in [-0.2, -0.15) is 10.2 Å². The van der Waals surface area contributed by atoms with Crippen molar-refractivity contribution in [3.63, 3.8) is 0 Å². The molecule has 0 saturated heterocycles. The standard InChI is InChI=1S/C20H20N4Si/c1-25(2,19-9-5-17(6-10-19)23-15-3-13-21-23)20-11-7-18(8-12-20)24-16-4-14-22-24/h3-16H,1-2H3. The first-order valence-corrected chi connectivity index (χ1v) is 11.4. The van der Waals surface area contributed by atoms with Crippen LogP contribution in [0.25, 0.3) is 11.4 Å². The van der Waals surface area contributed by atoms with Gasteiger partial charge in [0.25, 0.3) is 0 Å². The van der Waals surface area contributed by atoms with E-state index >= 15 is 0 Å². The third-order valence-electron chi connectivity index (χ3n) is 4.72. The highest BCUT2D eigenvalue weighted by molar-refractivity contribution is 7.00. The molecule has 0 aliphatic heterocycles. The average Bonchev–Trinajstić information content (AvgIpc) is 3.36. The van der Waals surface area contributed by atoms with Crippen molar-refractivity contribution in [3.05, 3.63) is 85.5 Å². The van der Waals surface area contributed by atoms with E-state index in [0.717, 1.165) is 11.4 Å². The summed E-state index contributed by atoms with van der Waals surface area (Å²) < 4.78 is 3.77. The Labute approximate surface area is 148 Å². The number of nitrogens with zero attached hydrogens (tertiary/aromatic N) is 4. The molecular weight excluding hydrogens is 324 g/mol. The van der Waals surface area contributed by atoms with Gasteiger partial charge < -0.3 is 0 Å². The van der Waals surface area contributed by atoms with E-state index in [0.29, 0.717) is 0 Å². The van der Waals surface area contributed by atoms with Crippen LogP contribution < -0.4 is 10.4 Å². The molecule has 0 N–H and O–H groups in total. The summed E-state index contributed by atoms with van der Waals surface area (Å²) in [6, 6.07) is 21.4. The van der Waals surface area contributed by atoms with Gasteiger partial charge in [0.05, 0.1) is 11.4 Å². The fourth-order valence-electron chi connectivity index (χ4n) is 3.07. The van der Waals surface area contributed by atoms with Gasteiger partial charge in [0, 0.05) is 24.8 Å². The highest BCUT2D eigenvalue weighted by atomic mass is 28.3. The molecule has 4 rings (SSSR count).